The lowest BCUT2D eigenvalue weighted by Crippen LogP contribution is -2.46. The normalized spacial score (nSPS) is 32.9. The van der Waals surface area contributed by atoms with E-state index in [1.54, 1.807) is 0 Å². The van der Waals surface area contributed by atoms with Gasteiger partial charge in [0.1, 0.15) is 50.7 Å². The Kier molecular flexibility index (Phi) is 7.70. The van der Waals surface area contributed by atoms with Crippen LogP contribution in [0, 0.1) is 0 Å². The van der Waals surface area contributed by atoms with E-state index in [9.17, 15) is 49.2 Å². The molecular weight excluding hydrogens is 638 g/mol. The minimum Gasteiger partial charge on any atom is -0.477 e. The number of phosphoric ester groups is 2. The van der Waals surface area contributed by atoms with Crippen molar-refractivity contribution in [3.05, 3.63) is 42.6 Å². The van der Waals surface area contributed by atoms with Gasteiger partial charge in [-0.05, 0) is 6.04 Å². The zero-order valence-electron chi connectivity index (χ0n) is 25.8. The van der Waals surface area contributed by atoms with Crippen molar-refractivity contribution >= 4 is 38.6 Å². The van der Waals surface area contributed by atoms with Crippen molar-refractivity contribution in [1.82, 2.24) is 19.5 Å². The number of imidazole rings is 1. The first-order valence-corrected chi connectivity index (χ1v) is 15.2. The quantitative estimate of drug-likeness (QED) is 0.0778. The van der Waals surface area contributed by atoms with Crippen molar-refractivity contribution in [3.63, 3.8) is 0 Å². The summed E-state index contributed by atoms with van der Waals surface area (Å²) in [5.41, 5.74) is 5.01. The average Bonchev–Trinajstić information content (AvgIpc) is 3.64. The van der Waals surface area contributed by atoms with Crippen LogP contribution in [0.4, 0.5) is 5.82 Å². The lowest BCUT2D eigenvalue weighted by atomic mass is 10.1. The predicted octanol–water partition coefficient (Wildman–Crippen LogP) is -2.42. The van der Waals surface area contributed by atoms with Crippen molar-refractivity contribution < 1.29 is 82.1 Å². The molecule has 21 nitrogen and oxygen atoms in total. The maximum atomic E-state index is 12.5. The van der Waals surface area contributed by atoms with E-state index in [4.69, 9.17) is 20.7 Å². The lowest BCUT2D eigenvalue weighted by Gasteiger charge is -2.20. The number of ether oxygens (including phenoxy) is 2. The summed E-state index contributed by atoms with van der Waals surface area (Å²) < 4.78 is 82.5. The molecule has 2 aliphatic heterocycles. The molecule has 23 heteroatoms. The molecule has 0 spiro atoms. The van der Waals surface area contributed by atoms with Gasteiger partial charge >= 0.3 is 21.6 Å². The van der Waals surface area contributed by atoms with Gasteiger partial charge < -0.3 is 50.5 Å². The molecule has 44 heavy (non-hydrogen) atoms. The third kappa shape index (κ3) is 6.65. The molecule has 3 aromatic rings. The number of anilines is 1. The van der Waals surface area contributed by atoms with Gasteiger partial charge in [-0.1, -0.05) is 0 Å². The van der Waals surface area contributed by atoms with Gasteiger partial charge in [0.15, 0.2) is 36.1 Å². The van der Waals surface area contributed by atoms with Crippen molar-refractivity contribution in [1.29, 1.82) is 0 Å². The second-order valence-corrected chi connectivity index (χ2v) is 12.4. The fourth-order valence-corrected chi connectivity index (χ4v) is 6.39. The molecule has 2 aliphatic rings. The minimum absolute atomic E-state index is 0.0187. The van der Waals surface area contributed by atoms with Crippen LogP contribution in [0.25, 0.3) is 11.2 Å². The molecule has 2 unspecified atom stereocenters. The molecule has 5 heterocycles. The zero-order chi connectivity index (χ0) is 35.5. The molecule has 0 radical (unpaired) electrons. The number of carboxylic acid groups (broad SMARTS) is 1. The number of aliphatic hydroxyl groups excluding tert-OH is 4. The summed E-state index contributed by atoms with van der Waals surface area (Å²) in [5, 5.41) is 51.2. The fourth-order valence-electron chi connectivity index (χ4n) is 4.30. The number of hydrogen-bond donors (Lipinski definition) is 8. The van der Waals surface area contributed by atoms with Gasteiger partial charge in [0.2, 0.25) is 0 Å². The molecule has 0 amide bonds. The van der Waals surface area contributed by atoms with Crippen LogP contribution in [0.1, 0.15) is 28.3 Å². The largest absolute Gasteiger partial charge is 0.481 e. The van der Waals surface area contributed by atoms with Gasteiger partial charge in [-0.15, -0.1) is 0 Å². The highest BCUT2D eigenvalue weighted by molar-refractivity contribution is 7.61. The van der Waals surface area contributed by atoms with E-state index in [0.717, 1.165) is 6.33 Å². The number of aromatic nitrogens is 5. The second-order valence-electron chi connectivity index (χ2n) is 9.31. The summed E-state index contributed by atoms with van der Waals surface area (Å²) in [6, 6.07) is -1.91. The van der Waals surface area contributed by atoms with Crippen LogP contribution in [-0.4, -0.2) is 111 Å². The summed E-state index contributed by atoms with van der Waals surface area (Å²) in [4.78, 5) is 43.4. The van der Waals surface area contributed by atoms with Gasteiger partial charge in [0, 0.05) is 6.04 Å². The SMILES string of the molecule is [2H]c1c([2H])c([2H])[n+]([C@@H]2O[C@H](COP(=O)(O)OP(=O)(O)OC[C@H]3O[C@@H](n4cnc5c(N)ncnc54)[C@H](O)[C@@H]3O)[C@@H](O)[C@H]2O)c([2H])c1C(=O)O. The summed E-state index contributed by atoms with van der Waals surface area (Å²) in [7, 11) is -11.0. The number of carbonyl (C=O) groups is 1. The Labute approximate surface area is 251 Å². The maximum absolute atomic E-state index is 12.5. The molecule has 2 saturated heterocycles. The highest BCUT2D eigenvalue weighted by Crippen LogP contribution is 2.60. The number of pyridine rings is 1. The van der Waals surface area contributed by atoms with Crippen LogP contribution in [0.2, 0.25) is 0 Å². The van der Waals surface area contributed by atoms with Gasteiger partial charge in [-0.3, -0.25) is 13.6 Å². The Morgan fingerprint density at radius 3 is 2.32 bits per heavy atom. The number of aromatic carboxylic acids is 1. The highest BCUT2D eigenvalue weighted by atomic mass is 31.3. The van der Waals surface area contributed by atoms with Crippen LogP contribution in [0.5, 0.6) is 0 Å². The number of carboxylic acids is 1. The second kappa shape index (κ2) is 12.4. The summed E-state index contributed by atoms with van der Waals surface area (Å²) in [6.45, 7) is -2.11. The molecule has 0 saturated carbocycles. The van der Waals surface area contributed by atoms with E-state index in [1.807, 2.05) is 0 Å². The Bertz CT molecular complexity index is 1840. The summed E-state index contributed by atoms with van der Waals surface area (Å²) in [6.07, 6.45) is -13.5. The van der Waals surface area contributed by atoms with Crippen LogP contribution < -0.4 is 10.3 Å². The number of nitrogens with zero attached hydrogens (tertiary/aromatic N) is 5. The Morgan fingerprint density at radius 2 is 1.66 bits per heavy atom. The third-order valence-electron chi connectivity index (χ3n) is 6.41. The van der Waals surface area contributed by atoms with Gasteiger partial charge in [-0.2, -0.15) is 8.88 Å². The highest BCUT2D eigenvalue weighted by Gasteiger charge is 2.50. The summed E-state index contributed by atoms with van der Waals surface area (Å²) >= 11 is 0. The van der Waals surface area contributed by atoms with E-state index >= 15 is 0 Å². The van der Waals surface area contributed by atoms with Crippen molar-refractivity contribution in [2.24, 2.45) is 0 Å². The number of aliphatic hydroxyl groups is 4. The third-order valence-corrected chi connectivity index (χ3v) is 9.01. The van der Waals surface area contributed by atoms with Gasteiger partial charge in [0.25, 0.3) is 6.23 Å². The molecule has 9 N–H and O–H groups in total. The van der Waals surface area contributed by atoms with Gasteiger partial charge in [-0.25, -0.2) is 28.9 Å². The number of hydrogen-bond acceptors (Lipinski definition) is 16. The van der Waals surface area contributed by atoms with Crippen LogP contribution >= 0.6 is 15.6 Å². The molecule has 10 atom stereocenters. The molecular formula is C21H27N6O15P2+. The molecule has 240 valence electrons. The van der Waals surface area contributed by atoms with Crippen molar-refractivity contribution in [2.75, 3.05) is 18.9 Å². The smallest absolute Gasteiger partial charge is 0.477 e. The standard InChI is InChI=1S/C21H26N6O15P2/c22-17-12-18(24-7-23-17)27(8-25-12)20-16(31)14(29)11(41-20)6-39-44(36,37)42-43(34,35)38-5-10-13(28)15(30)19(40-10)26-3-1-2-9(4-26)21(32)33/h1-4,7-8,10-11,13-16,19-20,28-31H,5-6H2,(H4-,22,23,24,32,33,34,35,36,37)/p+1/t10-,11-,13-,14-,15-,16-,19-,20-/m1/s1/i1D,2D,3D,4D. The minimum atomic E-state index is -5.55. The first-order valence-electron chi connectivity index (χ1n) is 14.2. The fraction of sp³-hybridized carbons (Fsp3) is 0.476. The summed E-state index contributed by atoms with van der Waals surface area (Å²) in [5.74, 6) is -1.78. The van der Waals surface area contributed by atoms with E-state index in [1.165, 1.54) is 10.9 Å². The molecule has 3 aromatic heterocycles. The molecule has 5 rings (SSSR count). The number of nitrogen functional groups attached to an aromatic ring is 1. The average molecular weight is 669 g/mol. The molecule has 0 bridgehead atoms. The first-order chi connectivity index (χ1) is 22.3. The number of rotatable bonds is 11. The zero-order valence-corrected chi connectivity index (χ0v) is 23.6. The van der Waals surface area contributed by atoms with Crippen LogP contribution in [-0.2, 0) is 32.0 Å². The number of phosphoric acid groups is 2. The van der Waals surface area contributed by atoms with Crippen molar-refractivity contribution in [2.45, 2.75) is 49.1 Å². The van der Waals surface area contributed by atoms with E-state index in [2.05, 4.69) is 28.3 Å². The van der Waals surface area contributed by atoms with E-state index in [0.29, 0.717) is 4.57 Å². The molecule has 0 aromatic carbocycles. The first kappa shape index (κ1) is 27.3. The maximum Gasteiger partial charge on any atom is 0.481 e. The number of nitrogens with two attached hydrogens (primary N) is 1. The lowest BCUT2D eigenvalue weighted by molar-refractivity contribution is -0.765. The Balaban J connectivity index is 1.20. The van der Waals surface area contributed by atoms with Crippen LogP contribution in [0.15, 0.2) is 37.1 Å². The predicted molar refractivity (Wildman–Crippen MR) is 138 cm³/mol. The van der Waals surface area contributed by atoms with Gasteiger partial charge in [0.05, 0.1) is 22.3 Å². The Morgan fingerprint density at radius 1 is 1.02 bits per heavy atom. The van der Waals surface area contributed by atoms with Crippen LogP contribution in [0.3, 0.4) is 0 Å². The number of fused-ring (bicyclic) bond motifs is 1. The topological polar surface area (TPSA) is 312 Å². The monoisotopic (exact) mass is 669 g/mol. The van der Waals surface area contributed by atoms with Crippen molar-refractivity contribution in [3.8, 4) is 0 Å². The Hall–Kier alpha value is -3.01. The van der Waals surface area contributed by atoms with E-state index in [-0.39, 0.29) is 17.0 Å². The van der Waals surface area contributed by atoms with E-state index < -0.39 is 114 Å². The molecule has 2 fully saturated rings. The molecule has 0 aliphatic carbocycles.